The fourth-order valence-electron chi connectivity index (χ4n) is 2.06. The van der Waals surface area contributed by atoms with E-state index < -0.39 is 8.32 Å². The second-order valence-corrected chi connectivity index (χ2v) is 12.6. The van der Waals surface area contributed by atoms with Gasteiger partial charge < -0.3 is 9.33 Å². The predicted octanol–water partition coefficient (Wildman–Crippen LogP) is 4.84. The molecule has 0 aliphatic rings. The van der Waals surface area contributed by atoms with Gasteiger partial charge in [-0.3, -0.25) is 4.79 Å². The maximum atomic E-state index is 12.2. The number of hydrogen-bond donors (Lipinski definition) is 0. The highest BCUT2D eigenvalue weighted by molar-refractivity contribution is 6.74. The molecule has 1 rings (SSSR count). The Kier molecular flexibility index (Phi) is 7.48. The molecular weight excluding hydrogens is 302 g/mol. The highest BCUT2D eigenvalue weighted by atomic mass is 28.4. The lowest BCUT2D eigenvalue weighted by Crippen LogP contribution is -2.41. The highest BCUT2D eigenvalue weighted by Gasteiger charge is 2.36. The Hall–Kier alpha value is -1.13. The molecule has 0 aromatic heterocycles. The molecule has 0 saturated carbocycles. The smallest absolute Gasteiger partial charge is 0.222 e. The average Bonchev–Trinajstić information content (AvgIpc) is 2.46. The summed E-state index contributed by atoms with van der Waals surface area (Å²) in [4.78, 5) is 14.0. The minimum Gasteiger partial charge on any atom is -0.417 e. The molecule has 0 atom stereocenters. The van der Waals surface area contributed by atoms with Gasteiger partial charge in [-0.05, 0) is 36.5 Å². The first kappa shape index (κ1) is 19.9. The van der Waals surface area contributed by atoms with Gasteiger partial charge in [-0.1, -0.05) is 51.1 Å². The lowest BCUT2D eigenvalue weighted by molar-refractivity contribution is -0.130. The first-order valence-electron chi connectivity index (χ1n) is 8.55. The van der Waals surface area contributed by atoms with Gasteiger partial charge in [0.05, 0.1) is 0 Å². The van der Waals surface area contributed by atoms with Crippen LogP contribution in [0.4, 0.5) is 0 Å². The Morgan fingerprint density at radius 2 is 1.74 bits per heavy atom. The van der Waals surface area contributed by atoms with Gasteiger partial charge in [0.1, 0.15) is 0 Å². The van der Waals surface area contributed by atoms with Crippen LogP contribution in [0, 0.1) is 0 Å². The van der Waals surface area contributed by atoms with Crippen molar-refractivity contribution >= 4 is 14.2 Å². The summed E-state index contributed by atoms with van der Waals surface area (Å²) in [6, 6.07) is 10.1. The van der Waals surface area contributed by atoms with Crippen LogP contribution in [0.1, 0.15) is 45.6 Å². The van der Waals surface area contributed by atoms with E-state index >= 15 is 0 Å². The van der Waals surface area contributed by atoms with Gasteiger partial charge in [-0.25, -0.2) is 0 Å². The van der Waals surface area contributed by atoms with Gasteiger partial charge in [0.25, 0.3) is 0 Å². The van der Waals surface area contributed by atoms with Crippen molar-refractivity contribution < 1.29 is 9.22 Å². The number of nitrogens with zero attached hydrogens (tertiary/aromatic N) is 1. The molecule has 0 unspecified atom stereocenters. The second kappa shape index (κ2) is 8.64. The fourth-order valence-corrected chi connectivity index (χ4v) is 3.15. The van der Waals surface area contributed by atoms with Crippen LogP contribution < -0.4 is 0 Å². The minimum atomic E-state index is -1.65. The topological polar surface area (TPSA) is 29.5 Å². The van der Waals surface area contributed by atoms with E-state index in [2.05, 4.69) is 46.0 Å². The lowest BCUT2D eigenvalue weighted by Gasteiger charge is -2.36. The number of benzene rings is 1. The van der Waals surface area contributed by atoms with Crippen LogP contribution in [0.2, 0.25) is 18.1 Å². The molecular formula is C19H33NO2Si. The van der Waals surface area contributed by atoms with Gasteiger partial charge in [0.15, 0.2) is 8.32 Å². The number of carbonyl (C=O) groups is 1. The largest absolute Gasteiger partial charge is 0.417 e. The predicted molar refractivity (Wildman–Crippen MR) is 99.9 cm³/mol. The Morgan fingerprint density at radius 3 is 2.30 bits per heavy atom. The van der Waals surface area contributed by atoms with E-state index in [1.54, 1.807) is 0 Å². The summed E-state index contributed by atoms with van der Waals surface area (Å²) in [5, 5.41) is 0.249. The maximum Gasteiger partial charge on any atom is 0.222 e. The molecule has 0 spiro atoms. The zero-order valence-corrected chi connectivity index (χ0v) is 16.7. The van der Waals surface area contributed by atoms with Gasteiger partial charge in [-0.15, -0.1) is 0 Å². The zero-order chi connectivity index (χ0) is 17.5. The molecule has 0 aliphatic heterocycles. The van der Waals surface area contributed by atoms with Crippen molar-refractivity contribution in [3.05, 3.63) is 35.9 Å². The van der Waals surface area contributed by atoms with Gasteiger partial charge in [0, 0.05) is 26.6 Å². The van der Waals surface area contributed by atoms with E-state index in [9.17, 15) is 4.79 Å². The van der Waals surface area contributed by atoms with Crippen LogP contribution in [0.5, 0.6) is 0 Å². The number of carbonyl (C=O) groups excluding carboxylic acids is 1. The van der Waals surface area contributed by atoms with Crippen molar-refractivity contribution in [1.29, 1.82) is 0 Å². The van der Waals surface area contributed by atoms with Crippen LogP contribution >= 0.6 is 0 Å². The normalized spacial score (nSPS) is 12.3. The standard InChI is InChI=1S/C19H33NO2Si/c1-19(2,3)23(5,6)22-15-11-10-14-18(21)20(4)16-17-12-8-7-9-13-17/h7-9,12-13H,10-11,14-16H2,1-6H3. The van der Waals surface area contributed by atoms with Gasteiger partial charge in [-0.2, -0.15) is 0 Å². The summed E-state index contributed by atoms with van der Waals surface area (Å²) in [5.41, 5.74) is 1.17. The van der Waals surface area contributed by atoms with Crippen LogP contribution in [0.15, 0.2) is 30.3 Å². The van der Waals surface area contributed by atoms with Gasteiger partial charge in [0.2, 0.25) is 5.91 Å². The number of amides is 1. The Balaban J connectivity index is 2.24. The quantitative estimate of drug-likeness (QED) is 0.502. The summed E-state index contributed by atoms with van der Waals surface area (Å²) >= 11 is 0. The maximum absolute atomic E-state index is 12.2. The van der Waals surface area contributed by atoms with Crippen molar-refractivity contribution in [2.75, 3.05) is 13.7 Å². The summed E-state index contributed by atoms with van der Waals surface area (Å²) < 4.78 is 6.15. The van der Waals surface area contributed by atoms with E-state index in [-0.39, 0.29) is 10.9 Å². The monoisotopic (exact) mass is 335 g/mol. The SMILES string of the molecule is CN(Cc1ccccc1)C(=O)CCCCO[Si](C)(C)C(C)(C)C. The average molecular weight is 336 g/mol. The van der Waals surface area contributed by atoms with E-state index in [4.69, 9.17) is 4.43 Å². The molecule has 0 heterocycles. The van der Waals surface area contributed by atoms with Gasteiger partial charge >= 0.3 is 0 Å². The van der Waals surface area contributed by atoms with Crippen molar-refractivity contribution in [3.63, 3.8) is 0 Å². The Bertz CT molecular complexity index is 480. The van der Waals surface area contributed by atoms with Crippen molar-refractivity contribution in [3.8, 4) is 0 Å². The summed E-state index contributed by atoms with van der Waals surface area (Å²) in [6.45, 7) is 12.7. The highest BCUT2D eigenvalue weighted by Crippen LogP contribution is 2.36. The molecule has 0 radical (unpaired) electrons. The molecule has 1 amide bonds. The number of unbranched alkanes of at least 4 members (excludes halogenated alkanes) is 1. The number of rotatable bonds is 8. The molecule has 0 fully saturated rings. The minimum absolute atomic E-state index is 0.209. The molecule has 0 saturated heterocycles. The van der Waals surface area contributed by atoms with Crippen LogP contribution in [-0.4, -0.2) is 32.8 Å². The summed E-state index contributed by atoms with van der Waals surface area (Å²) in [6.07, 6.45) is 2.45. The molecule has 0 aliphatic carbocycles. The van der Waals surface area contributed by atoms with Crippen LogP contribution in [-0.2, 0) is 15.8 Å². The third-order valence-corrected chi connectivity index (χ3v) is 9.28. The van der Waals surface area contributed by atoms with E-state index in [1.165, 1.54) is 5.56 Å². The van der Waals surface area contributed by atoms with E-state index in [0.717, 1.165) is 19.4 Å². The first-order valence-corrected chi connectivity index (χ1v) is 11.5. The van der Waals surface area contributed by atoms with Crippen molar-refractivity contribution in [1.82, 2.24) is 4.90 Å². The molecule has 130 valence electrons. The molecule has 1 aromatic rings. The molecule has 4 heteroatoms. The molecule has 23 heavy (non-hydrogen) atoms. The molecule has 0 N–H and O–H groups in total. The fraction of sp³-hybridized carbons (Fsp3) is 0.632. The van der Waals surface area contributed by atoms with Crippen molar-refractivity contribution in [2.45, 2.75) is 64.7 Å². The summed E-state index contributed by atoms with van der Waals surface area (Å²) in [7, 11) is 0.226. The first-order chi connectivity index (χ1) is 10.6. The van der Waals surface area contributed by atoms with Crippen LogP contribution in [0.25, 0.3) is 0 Å². The Labute approximate surface area is 143 Å². The summed E-state index contributed by atoms with van der Waals surface area (Å²) in [5.74, 6) is 0.209. The van der Waals surface area contributed by atoms with Crippen molar-refractivity contribution in [2.24, 2.45) is 0 Å². The second-order valence-electron chi connectivity index (χ2n) is 7.80. The Morgan fingerprint density at radius 1 is 1.13 bits per heavy atom. The number of hydrogen-bond acceptors (Lipinski definition) is 2. The van der Waals surface area contributed by atoms with E-state index in [0.29, 0.717) is 13.0 Å². The van der Waals surface area contributed by atoms with E-state index in [1.807, 2.05) is 30.1 Å². The third-order valence-electron chi connectivity index (χ3n) is 4.74. The lowest BCUT2D eigenvalue weighted by atomic mass is 10.2. The molecule has 1 aromatic carbocycles. The third kappa shape index (κ3) is 6.88. The molecule has 0 bridgehead atoms. The van der Waals surface area contributed by atoms with Crippen LogP contribution in [0.3, 0.4) is 0 Å². The zero-order valence-electron chi connectivity index (χ0n) is 15.7. The molecule has 3 nitrogen and oxygen atoms in total.